The monoisotopic (exact) mass is 359 g/mol. The smallest absolute Gasteiger partial charge is 0.243 e. The van der Waals surface area contributed by atoms with E-state index in [0.29, 0.717) is 19.4 Å². The van der Waals surface area contributed by atoms with Crippen LogP contribution in [0.5, 0.6) is 0 Å². The highest BCUT2D eigenvalue weighted by molar-refractivity contribution is 5.94. The van der Waals surface area contributed by atoms with Gasteiger partial charge in [-0.15, -0.1) is 0 Å². The molecular weight excluding hydrogens is 330 g/mol. The van der Waals surface area contributed by atoms with Crippen molar-refractivity contribution in [3.05, 3.63) is 35.9 Å². The summed E-state index contributed by atoms with van der Waals surface area (Å²) in [5, 5.41) is 2.83. The van der Waals surface area contributed by atoms with Crippen LogP contribution in [0.25, 0.3) is 0 Å². The molecule has 2 atom stereocenters. The molecular formula is C20H29N3O3. The van der Waals surface area contributed by atoms with Gasteiger partial charge in [0.05, 0.1) is 12.6 Å². The van der Waals surface area contributed by atoms with Crippen LogP contribution in [-0.2, 0) is 20.8 Å². The largest absolute Gasteiger partial charge is 0.344 e. The quantitative estimate of drug-likeness (QED) is 0.800. The first-order valence-electron chi connectivity index (χ1n) is 9.12. The minimum atomic E-state index is -0.679. The van der Waals surface area contributed by atoms with Gasteiger partial charge in [-0.25, -0.2) is 0 Å². The molecule has 1 fully saturated rings. The SMILES string of the molecule is CC(C)(C)C(=O)N1CCC[C@H]1C(=O)N[C@@H](Cc1ccccc1)C(=O)CN. The summed E-state index contributed by atoms with van der Waals surface area (Å²) < 4.78 is 0. The Morgan fingerprint density at radius 2 is 1.88 bits per heavy atom. The molecule has 2 rings (SSSR count). The van der Waals surface area contributed by atoms with Crippen LogP contribution in [0.15, 0.2) is 30.3 Å². The Kier molecular flexibility index (Phi) is 6.53. The first kappa shape index (κ1) is 20.1. The molecule has 26 heavy (non-hydrogen) atoms. The lowest BCUT2D eigenvalue weighted by Crippen LogP contribution is -2.54. The van der Waals surface area contributed by atoms with Gasteiger partial charge in [0.2, 0.25) is 11.8 Å². The first-order chi connectivity index (χ1) is 12.2. The molecule has 0 aromatic heterocycles. The third kappa shape index (κ3) is 4.91. The van der Waals surface area contributed by atoms with Crippen LogP contribution in [0.1, 0.15) is 39.2 Å². The minimum Gasteiger partial charge on any atom is -0.344 e. The van der Waals surface area contributed by atoms with E-state index in [2.05, 4.69) is 5.32 Å². The molecule has 1 aliphatic rings. The second-order valence-corrected chi connectivity index (χ2v) is 7.83. The van der Waals surface area contributed by atoms with Crippen molar-refractivity contribution in [2.45, 2.75) is 52.1 Å². The maximum Gasteiger partial charge on any atom is 0.243 e. The van der Waals surface area contributed by atoms with E-state index in [0.717, 1.165) is 12.0 Å². The zero-order valence-corrected chi connectivity index (χ0v) is 15.8. The van der Waals surface area contributed by atoms with Crippen LogP contribution < -0.4 is 11.1 Å². The average molecular weight is 359 g/mol. The molecule has 0 spiro atoms. The molecule has 1 heterocycles. The molecule has 1 aromatic carbocycles. The molecule has 1 aliphatic heterocycles. The maximum absolute atomic E-state index is 12.8. The minimum absolute atomic E-state index is 0.0417. The van der Waals surface area contributed by atoms with Crippen LogP contribution in [0.4, 0.5) is 0 Å². The van der Waals surface area contributed by atoms with Crippen LogP contribution in [0, 0.1) is 5.41 Å². The molecule has 6 nitrogen and oxygen atoms in total. The van der Waals surface area contributed by atoms with Gasteiger partial charge in [0.25, 0.3) is 0 Å². The Morgan fingerprint density at radius 3 is 2.46 bits per heavy atom. The van der Waals surface area contributed by atoms with Crippen LogP contribution >= 0.6 is 0 Å². The Bertz CT molecular complexity index is 652. The van der Waals surface area contributed by atoms with Crippen molar-refractivity contribution < 1.29 is 14.4 Å². The Hall–Kier alpha value is -2.21. The number of nitrogens with one attached hydrogen (secondary N) is 1. The number of nitrogens with two attached hydrogens (primary N) is 1. The summed E-state index contributed by atoms with van der Waals surface area (Å²) in [7, 11) is 0. The van der Waals surface area contributed by atoms with Gasteiger partial charge >= 0.3 is 0 Å². The number of carbonyl (C=O) groups is 3. The summed E-state index contributed by atoms with van der Waals surface area (Å²) in [6.07, 6.45) is 1.79. The van der Waals surface area contributed by atoms with Crippen molar-refractivity contribution in [1.82, 2.24) is 10.2 Å². The zero-order chi connectivity index (χ0) is 19.3. The lowest BCUT2D eigenvalue weighted by molar-refractivity contribution is -0.145. The summed E-state index contributed by atoms with van der Waals surface area (Å²) in [5.74, 6) is -0.531. The fourth-order valence-corrected chi connectivity index (χ4v) is 3.22. The van der Waals surface area contributed by atoms with Gasteiger partial charge in [-0.1, -0.05) is 51.1 Å². The van der Waals surface area contributed by atoms with Gasteiger partial charge in [-0.2, -0.15) is 0 Å². The van der Waals surface area contributed by atoms with Crippen molar-refractivity contribution in [3.8, 4) is 0 Å². The fraction of sp³-hybridized carbons (Fsp3) is 0.550. The molecule has 0 saturated carbocycles. The highest BCUT2D eigenvalue weighted by Gasteiger charge is 2.39. The number of hydrogen-bond donors (Lipinski definition) is 2. The highest BCUT2D eigenvalue weighted by Crippen LogP contribution is 2.25. The normalized spacial score (nSPS) is 18.5. The average Bonchev–Trinajstić information content (AvgIpc) is 3.09. The Labute approximate surface area is 155 Å². The van der Waals surface area contributed by atoms with E-state index in [4.69, 9.17) is 5.73 Å². The van der Waals surface area contributed by atoms with Crippen LogP contribution in [-0.4, -0.2) is 47.7 Å². The molecule has 0 bridgehead atoms. The molecule has 1 saturated heterocycles. The summed E-state index contributed by atoms with van der Waals surface area (Å²) in [4.78, 5) is 39.3. The predicted molar refractivity (Wildman–Crippen MR) is 100 cm³/mol. The molecule has 142 valence electrons. The zero-order valence-electron chi connectivity index (χ0n) is 15.8. The number of ketones is 1. The van der Waals surface area contributed by atoms with Crippen molar-refractivity contribution in [1.29, 1.82) is 0 Å². The topological polar surface area (TPSA) is 92.5 Å². The lowest BCUT2D eigenvalue weighted by atomic mass is 9.94. The van der Waals surface area contributed by atoms with E-state index in [1.165, 1.54) is 0 Å². The molecule has 1 aromatic rings. The number of rotatable bonds is 6. The van der Waals surface area contributed by atoms with E-state index in [9.17, 15) is 14.4 Å². The van der Waals surface area contributed by atoms with E-state index >= 15 is 0 Å². The molecule has 0 aliphatic carbocycles. The third-order valence-corrected chi connectivity index (χ3v) is 4.65. The van der Waals surface area contributed by atoms with Gasteiger partial charge in [0, 0.05) is 12.0 Å². The second-order valence-electron chi connectivity index (χ2n) is 7.83. The summed E-state index contributed by atoms with van der Waals surface area (Å²) >= 11 is 0. The van der Waals surface area contributed by atoms with Crippen molar-refractivity contribution in [2.24, 2.45) is 11.1 Å². The first-order valence-corrected chi connectivity index (χ1v) is 9.12. The number of nitrogens with zero attached hydrogens (tertiary/aromatic N) is 1. The van der Waals surface area contributed by atoms with E-state index < -0.39 is 17.5 Å². The summed E-state index contributed by atoms with van der Waals surface area (Å²) in [5.41, 5.74) is 5.93. The maximum atomic E-state index is 12.8. The molecule has 2 amide bonds. The van der Waals surface area contributed by atoms with E-state index in [-0.39, 0.29) is 24.1 Å². The van der Waals surface area contributed by atoms with Crippen LogP contribution in [0.3, 0.4) is 0 Å². The summed E-state index contributed by atoms with van der Waals surface area (Å²) in [6, 6.07) is 8.30. The number of Topliss-reactive ketones (excluding diaryl/α,β-unsaturated/α-hetero) is 1. The van der Waals surface area contributed by atoms with Gasteiger partial charge in [-0.05, 0) is 24.8 Å². The number of benzene rings is 1. The molecule has 0 unspecified atom stereocenters. The third-order valence-electron chi connectivity index (χ3n) is 4.65. The number of hydrogen-bond acceptors (Lipinski definition) is 4. The van der Waals surface area contributed by atoms with Gasteiger partial charge < -0.3 is 16.0 Å². The summed E-state index contributed by atoms with van der Waals surface area (Å²) in [6.45, 7) is 5.98. The Balaban J connectivity index is 2.10. The van der Waals surface area contributed by atoms with Crippen molar-refractivity contribution in [3.63, 3.8) is 0 Å². The van der Waals surface area contributed by atoms with Crippen molar-refractivity contribution >= 4 is 17.6 Å². The van der Waals surface area contributed by atoms with E-state index in [1.54, 1.807) is 4.90 Å². The molecule has 0 radical (unpaired) electrons. The number of likely N-dealkylation sites (tertiary alicyclic amines) is 1. The predicted octanol–water partition coefficient (Wildman–Crippen LogP) is 1.28. The fourth-order valence-electron chi connectivity index (χ4n) is 3.22. The van der Waals surface area contributed by atoms with E-state index in [1.807, 2.05) is 51.1 Å². The van der Waals surface area contributed by atoms with Gasteiger partial charge in [0.15, 0.2) is 5.78 Å². The van der Waals surface area contributed by atoms with Gasteiger partial charge in [0.1, 0.15) is 6.04 Å². The lowest BCUT2D eigenvalue weighted by Gasteiger charge is -2.31. The number of amides is 2. The van der Waals surface area contributed by atoms with Gasteiger partial charge in [-0.3, -0.25) is 14.4 Å². The Morgan fingerprint density at radius 1 is 1.23 bits per heavy atom. The molecule has 6 heteroatoms. The number of carbonyl (C=O) groups excluding carboxylic acids is 3. The standard InChI is InChI=1S/C20H29N3O3/c1-20(2,3)19(26)23-11-7-10-16(23)18(25)22-15(17(24)13-21)12-14-8-5-4-6-9-14/h4-6,8-9,15-16H,7,10-13,21H2,1-3H3,(H,22,25)/t15-,16-/m0/s1. The van der Waals surface area contributed by atoms with Crippen molar-refractivity contribution in [2.75, 3.05) is 13.1 Å². The highest BCUT2D eigenvalue weighted by atomic mass is 16.2. The second kappa shape index (κ2) is 8.45. The van der Waals surface area contributed by atoms with Crippen LogP contribution in [0.2, 0.25) is 0 Å². The molecule has 3 N–H and O–H groups in total.